The third kappa shape index (κ3) is 1.71. The molecule has 1 aromatic heterocycles. The van der Waals surface area contributed by atoms with Crippen LogP contribution in [0.5, 0.6) is 0 Å². The number of amides is 1. The Kier molecular flexibility index (Phi) is 2.40. The minimum atomic E-state index is 0.480. The molecule has 70 valence electrons. The van der Waals surface area contributed by atoms with Crippen molar-refractivity contribution in [2.75, 3.05) is 0 Å². The van der Waals surface area contributed by atoms with E-state index in [1.165, 1.54) is 0 Å². The lowest BCUT2D eigenvalue weighted by atomic mass is 10.1. The van der Waals surface area contributed by atoms with Gasteiger partial charge in [-0.05, 0) is 11.5 Å². The molecule has 0 radical (unpaired) electrons. The Morgan fingerprint density at radius 2 is 2.07 bits per heavy atom. The Bertz CT molecular complexity index is 454. The van der Waals surface area contributed by atoms with Crippen LogP contribution in [0.2, 0.25) is 0 Å². The van der Waals surface area contributed by atoms with Crippen molar-refractivity contribution in [1.29, 1.82) is 0 Å². The molecule has 1 aromatic carbocycles. The highest BCUT2D eigenvalue weighted by Gasteiger charge is 1.95. The van der Waals surface area contributed by atoms with E-state index in [1.807, 2.05) is 36.5 Å². The van der Waals surface area contributed by atoms with Crippen LogP contribution in [0.25, 0.3) is 10.8 Å². The fourth-order valence-corrected chi connectivity index (χ4v) is 1.37. The van der Waals surface area contributed by atoms with Gasteiger partial charge >= 0.3 is 0 Å². The molecule has 3 nitrogen and oxygen atoms in total. The summed E-state index contributed by atoms with van der Waals surface area (Å²) in [6.45, 7) is 0.480. The zero-order chi connectivity index (χ0) is 9.80. The number of carbonyl (C=O) groups excluding carboxylic acids is 1. The van der Waals surface area contributed by atoms with Crippen LogP contribution in [0.1, 0.15) is 5.69 Å². The van der Waals surface area contributed by atoms with Crippen molar-refractivity contribution in [3.63, 3.8) is 0 Å². The van der Waals surface area contributed by atoms with Crippen molar-refractivity contribution in [2.45, 2.75) is 6.54 Å². The van der Waals surface area contributed by atoms with Gasteiger partial charge in [-0.3, -0.25) is 9.78 Å². The van der Waals surface area contributed by atoms with Gasteiger partial charge in [0, 0.05) is 11.6 Å². The van der Waals surface area contributed by atoms with Gasteiger partial charge in [-0.1, -0.05) is 24.3 Å². The molecule has 0 bridgehead atoms. The molecule has 3 heteroatoms. The summed E-state index contributed by atoms with van der Waals surface area (Å²) < 4.78 is 0. The number of hydrogen-bond donors (Lipinski definition) is 1. The number of rotatable bonds is 3. The van der Waals surface area contributed by atoms with Gasteiger partial charge in [-0.2, -0.15) is 0 Å². The summed E-state index contributed by atoms with van der Waals surface area (Å²) in [5.74, 6) is 0. The maximum atomic E-state index is 10.1. The molecule has 0 fully saturated rings. The lowest BCUT2D eigenvalue weighted by Crippen LogP contribution is -2.10. The first-order valence-corrected chi connectivity index (χ1v) is 4.41. The number of nitrogens with zero attached hydrogens (tertiary/aromatic N) is 1. The third-order valence-electron chi connectivity index (χ3n) is 2.05. The summed E-state index contributed by atoms with van der Waals surface area (Å²) in [4.78, 5) is 14.3. The zero-order valence-corrected chi connectivity index (χ0v) is 7.60. The van der Waals surface area contributed by atoms with Crippen molar-refractivity contribution < 1.29 is 4.79 Å². The van der Waals surface area contributed by atoms with Gasteiger partial charge in [0.25, 0.3) is 0 Å². The fourth-order valence-electron chi connectivity index (χ4n) is 1.37. The van der Waals surface area contributed by atoms with Crippen LogP contribution in [0, 0.1) is 0 Å². The SMILES string of the molecule is O=CNCc1cc2ccccc2cn1. The standard InChI is InChI=1S/C11H10N2O/c14-8-12-7-11-5-9-3-1-2-4-10(9)6-13-11/h1-6,8H,7H2,(H,12,14). The Morgan fingerprint density at radius 3 is 2.86 bits per heavy atom. The van der Waals surface area contributed by atoms with E-state index in [-0.39, 0.29) is 0 Å². The third-order valence-corrected chi connectivity index (χ3v) is 2.05. The van der Waals surface area contributed by atoms with Crippen LogP contribution in [-0.4, -0.2) is 11.4 Å². The van der Waals surface area contributed by atoms with Gasteiger partial charge in [0.15, 0.2) is 0 Å². The highest BCUT2D eigenvalue weighted by Crippen LogP contribution is 2.12. The van der Waals surface area contributed by atoms with E-state index in [0.29, 0.717) is 13.0 Å². The molecular weight excluding hydrogens is 176 g/mol. The van der Waals surface area contributed by atoms with Crippen molar-refractivity contribution in [3.05, 3.63) is 42.2 Å². The van der Waals surface area contributed by atoms with Crippen LogP contribution in [0.4, 0.5) is 0 Å². The van der Waals surface area contributed by atoms with Gasteiger partial charge in [-0.25, -0.2) is 0 Å². The first-order chi connectivity index (χ1) is 6.90. The predicted octanol–water partition coefficient (Wildman–Crippen LogP) is 1.48. The van der Waals surface area contributed by atoms with Gasteiger partial charge in [-0.15, -0.1) is 0 Å². The highest BCUT2D eigenvalue weighted by molar-refractivity contribution is 5.81. The summed E-state index contributed by atoms with van der Waals surface area (Å²) in [6.07, 6.45) is 2.49. The normalized spacial score (nSPS) is 10.0. The van der Waals surface area contributed by atoms with Crippen LogP contribution in [0.15, 0.2) is 36.5 Å². The summed E-state index contributed by atoms with van der Waals surface area (Å²) in [5.41, 5.74) is 0.871. The first kappa shape index (κ1) is 8.69. The van der Waals surface area contributed by atoms with Crippen LogP contribution >= 0.6 is 0 Å². The average Bonchev–Trinajstić information content (AvgIpc) is 2.26. The summed E-state index contributed by atoms with van der Waals surface area (Å²) in [6, 6.07) is 9.99. The van der Waals surface area contributed by atoms with E-state index in [9.17, 15) is 4.79 Å². The number of aromatic nitrogens is 1. The topological polar surface area (TPSA) is 42.0 Å². The van der Waals surface area contributed by atoms with Gasteiger partial charge < -0.3 is 5.32 Å². The number of hydrogen-bond acceptors (Lipinski definition) is 2. The van der Waals surface area contributed by atoms with Crippen LogP contribution < -0.4 is 5.32 Å². The smallest absolute Gasteiger partial charge is 0.207 e. The monoisotopic (exact) mass is 186 g/mol. The lowest BCUT2D eigenvalue weighted by molar-refractivity contribution is -0.109. The summed E-state index contributed by atoms with van der Waals surface area (Å²) in [7, 11) is 0. The maximum absolute atomic E-state index is 10.1. The lowest BCUT2D eigenvalue weighted by Gasteiger charge is -2.01. The number of pyridine rings is 1. The zero-order valence-electron chi connectivity index (χ0n) is 7.60. The molecule has 0 saturated carbocycles. The first-order valence-electron chi connectivity index (χ1n) is 4.41. The van der Waals surface area contributed by atoms with E-state index in [0.717, 1.165) is 16.5 Å². The summed E-state index contributed by atoms with van der Waals surface area (Å²) >= 11 is 0. The summed E-state index contributed by atoms with van der Waals surface area (Å²) in [5, 5.41) is 4.84. The Morgan fingerprint density at radius 1 is 1.29 bits per heavy atom. The second kappa shape index (κ2) is 3.87. The van der Waals surface area contributed by atoms with Crippen LogP contribution in [-0.2, 0) is 11.3 Å². The fraction of sp³-hybridized carbons (Fsp3) is 0.0909. The number of carbonyl (C=O) groups is 1. The molecule has 0 atom stereocenters. The largest absolute Gasteiger partial charge is 0.353 e. The Labute approximate surface area is 81.8 Å². The van der Waals surface area contributed by atoms with E-state index in [1.54, 1.807) is 0 Å². The molecule has 2 rings (SSSR count). The van der Waals surface area contributed by atoms with Gasteiger partial charge in [0.05, 0.1) is 12.2 Å². The van der Waals surface area contributed by atoms with E-state index in [2.05, 4.69) is 10.3 Å². The minimum absolute atomic E-state index is 0.480. The maximum Gasteiger partial charge on any atom is 0.207 e. The predicted molar refractivity (Wildman–Crippen MR) is 54.6 cm³/mol. The molecule has 0 unspecified atom stereocenters. The molecule has 1 heterocycles. The van der Waals surface area contributed by atoms with E-state index < -0.39 is 0 Å². The van der Waals surface area contributed by atoms with E-state index >= 15 is 0 Å². The second-order valence-corrected chi connectivity index (χ2v) is 3.02. The van der Waals surface area contributed by atoms with Crippen molar-refractivity contribution >= 4 is 17.2 Å². The van der Waals surface area contributed by atoms with Crippen molar-refractivity contribution in [3.8, 4) is 0 Å². The van der Waals surface area contributed by atoms with Crippen molar-refractivity contribution in [2.24, 2.45) is 0 Å². The molecule has 0 aliphatic rings. The number of nitrogens with one attached hydrogen (secondary N) is 1. The average molecular weight is 186 g/mol. The molecule has 0 saturated heterocycles. The van der Waals surface area contributed by atoms with E-state index in [4.69, 9.17) is 0 Å². The van der Waals surface area contributed by atoms with Crippen LogP contribution in [0.3, 0.4) is 0 Å². The molecule has 0 spiro atoms. The molecule has 1 N–H and O–H groups in total. The number of fused-ring (bicyclic) bond motifs is 1. The quantitative estimate of drug-likeness (QED) is 0.738. The Balaban J connectivity index is 2.36. The second-order valence-electron chi connectivity index (χ2n) is 3.02. The minimum Gasteiger partial charge on any atom is -0.353 e. The molecule has 1 amide bonds. The Hall–Kier alpha value is -1.90. The molecular formula is C11H10N2O. The van der Waals surface area contributed by atoms with Gasteiger partial charge in [0.1, 0.15) is 0 Å². The molecule has 14 heavy (non-hydrogen) atoms. The highest BCUT2D eigenvalue weighted by atomic mass is 16.1. The molecule has 0 aliphatic heterocycles. The molecule has 2 aromatic rings. The number of benzene rings is 1. The molecule has 0 aliphatic carbocycles. The van der Waals surface area contributed by atoms with Gasteiger partial charge in [0.2, 0.25) is 6.41 Å². The van der Waals surface area contributed by atoms with Crippen molar-refractivity contribution in [1.82, 2.24) is 10.3 Å².